The number of aromatic nitrogens is 1. The number of ether oxygens (including phenoxy) is 2. The van der Waals surface area contributed by atoms with E-state index in [0.29, 0.717) is 45.2 Å². The van der Waals surface area contributed by atoms with Gasteiger partial charge in [0.2, 0.25) is 17.7 Å². The van der Waals surface area contributed by atoms with E-state index < -0.39 is 35.5 Å². The van der Waals surface area contributed by atoms with Gasteiger partial charge in [0.15, 0.2) is 5.78 Å². The molecule has 2 aliphatic heterocycles. The van der Waals surface area contributed by atoms with Gasteiger partial charge in [-0.3, -0.25) is 29.1 Å². The normalized spacial score (nSPS) is 23.8. The van der Waals surface area contributed by atoms with E-state index in [1.165, 1.54) is 0 Å². The summed E-state index contributed by atoms with van der Waals surface area (Å²) in [5, 5.41) is 8.47. The maximum Gasteiger partial charge on any atom is 0.243 e. The van der Waals surface area contributed by atoms with E-state index in [4.69, 9.17) is 9.47 Å². The molecule has 3 N–H and O–H groups in total. The van der Waals surface area contributed by atoms with Crippen LogP contribution in [0.3, 0.4) is 0 Å². The van der Waals surface area contributed by atoms with Crippen LogP contribution in [0.2, 0.25) is 0 Å². The lowest BCUT2D eigenvalue weighted by Gasteiger charge is -2.27. The Morgan fingerprint density at radius 1 is 1.03 bits per heavy atom. The largest absolute Gasteiger partial charge is 0.379 e. The second kappa shape index (κ2) is 13.5. The van der Waals surface area contributed by atoms with Crippen LogP contribution in [0.4, 0.5) is 0 Å². The Morgan fingerprint density at radius 3 is 2.31 bits per heavy atom. The topological polar surface area (TPSA) is 142 Å². The first-order chi connectivity index (χ1) is 18.7. The van der Waals surface area contributed by atoms with Crippen molar-refractivity contribution in [1.82, 2.24) is 25.8 Å². The van der Waals surface area contributed by atoms with Gasteiger partial charge in [0, 0.05) is 31.9 Å². The quantitative estimate of drug-likeness (QED) is 0.303. The molecule has 0 radical (unpaired) electrons. The van der Waals surface area contributed by atoms with E-state index in [0.717, 1.165) is 31.2 Å². The second-order valence-electron chi connectivity index (χ2n) is 11.1. The molecule has 3 heterocycles. The van der Waals surface area contributed by atoms with Crippen LogP contribution in [0, 0.1) is 5.92 Å². The molecule has 3 amide bonds. The van der Waals surface area contributed by atoms with E-state index in [-0.39, 0.29) is 24.7 Å². The highest BCUT2D eigenvalue weighted by molar-refractivity contribution is 5.98. The standard InChI is InChI=1S/C28H41N5O6/c1-19(30-24(34)17-33-11-13-38-14-12-33)26(36)32-23(16-21-7-9-29-10-8-21)27(37)31-22(15-20-5-3-4-6-20)25(35)28(2)18-39-28/h7-10,19-20,22-23H,3-6,11-18H2,1-2H3,(H,30,34)(H,31,37)(H,32,36)/t19-,22-,23-,28+/m0/s1. The lowest BCUT2D eigenvalue weighted by molar-refractivity contribution is -0.134. The maximum atomic E-state index is 13.6. The Kier molecular flexibility index (Phi) is 10.0. The fourth-order valence-corrected chi connectivity index (χ4v) is 5.28. The zero-order valence-electron chi connectivity index (χ0n) is 22.9. The first-order valence-corrected chi connectivity index (χ1v) is 14.0. The first kappa shape index (κ1) is 29.1. The van der Waals surface area contributed by atoms with Gasteiger partial charge >= 0.3 is 0 Å². The summed E-state index contributed by atoms with van der Waals surface area (Å²) in [7, 11) is 0. The van der Waals surface area contributed by atoms with Crippen LogP contribution < -0.4 is 16.0 Å². The van der Waals surface area contributed by atoms with Crippen molar-refractivity contribution in [2.75, 3.05) is 39.5 Å². The molecule has 1 aromatic heterocycles. The lowest BCUT2D eigenvalue weighted by Crippen LogP contribution is -2.57. The highest BCUT2D eigenvalue weighted by atomic mass is 16.6. The highest BCUT2D eigenvalue weighted by Crippen LogP contribution is 2.33. The van der Waals surface area contributed by atoms with Gasteiger partial charge in [-0.05, 0) is 43.9 Å². The molecule has 3 fully saturated rings. The van der Waals surface area contributed by atoms with Crippen LogP contribution in [-0.2, 0) is 35.1 Å². The van der Waals surface area contributed by atoms with E-state index >= 15 is 0 Å². The number of rotatable bonds is 13. The third-order valence-electron chi connectivity index (χ3n) is 7.84. The number of Topliss-reactive ketones (excluding diaryl/α,β-unsaturated/α-hetero) is 1. The number of pyridine rings is 1. The molecule has 11 heteroatoms. The van der Waals surface area contributed by atoms with Gasteiger partial charge in [-0.2, -0.15) is 0 Å². The number of nitrogens with one attached hydrogen (secondary N) is 3. The van der Waals surface area contributed by atoms with Gasteiger partial charge in [-0.25, -0.2) is 0 Å². The number of morpholine rings is 1. The van der Waals surface area contributed by atoms with Crippen molar-refractivity contribution in [3.63, 3.8) is 0 Å². The number of hydrogen-bond donors (Lipinski definition) is 3. The number of nitrogens with zero attached hydrogens (tertiary/aromatic N) is 2. The van der Waals surface area contributed by atoms with Gasteiger partial charge in [0.1, 0.15) is 17.7 Å². The van der Waals surface area contributed by atoms with Crippen LogP contribution >= 0.6 is 0 Å². The molecule has 1 aromatic rings. The number of hydrogen-bond acceptors (Lipinski definition) is 8. The maximum absolute atomic E-state index is 13.6. The molecule has 0 unspecified atom stereocenters. The molecule has 1 aliphatic carbocycles. The first-order valence-electron chi connectivity index (χ1n) is 14.0. The molecule has 39 heavy (non-hydrogen) atoms. The minimum absolute atomic E-state index is 0.125. The summed E-state index contributed by atoms with van der Waals surface area (Å²) in [6.45, 7) is 6.33. The molecular formula is C28H41N5O6. The number of carbonyl (C=O) groups is 4. The average Bonchev–Trinajstić information content (AvgIpc) is 3.47. The van der Waals surface area contributed by atoms with E-state index in [2.05, 4.69) is 20.9 Å². The zero-order valence-corrected chi connectivity index (χ0v) is 22.9. The van der Waals surface area contributed by atoms with Gasteiger partial charge in [0.05, 0.1) is 32.4 Å². The van der Waals surface area contributed by atoms with Gasteiger partial charge < -0.3 is 25.4 Å². The van der Waals surface area contributed by atoms with Crippen molar-refractivity contribution < 1.29 is 28.7 Å². The molecular weight excluding hydrogens is 502 g/mol. The van der Waals surface area contributed by atoms with Crippen LogP contribution in [0.1, 0.15) is 51.5 Å². The average molecular weight is 544 g/mol. The van der Waals surface area contributed by atoms with E-state index in [9.17, 15) is 19.2 Å². The van der Waals surface area contributed by atoms with Crippen LogP contribution in [0.25, 0.3) is 0 Å². The van der Waals surface area contributed by atoms with E-state index in [1.807, 2.05) is 4.90 Å². The van der Waals surface area contributed by atoms with Crippen LogP contribution in [0.5, 0.6) is 0 Å². The van der Waals surface area contributed by atoms with E-state index in [1.54, 1.807) is 38.4 Å². The molecule has 11 nitrogen and oxygen atoms in total. The Labute approximate surface area is 229 Å². The lowest BCUT2D eigenvalue weighted by atomic mass is 9.90. The Balaban J connectivity index is 1.40. The van der Waals surface area contributed by atoms with Crippen molar-refractivity contribution in [2.24, 2.45) is 5.92 Å². The molecule has 1 saturated carbocycles. The SMILES string of the molecule is C[C@H](NC(=O)CN1CCOCC1)C(=O)N[C@@H](Cc1ccncc1)C(=O)N[C@@H](CC1CCCC1)C(=O)[C@@]1(C)CO1. The Bertz CT molecular complexity index is 1000. The third-order valence-corrected chi connectivity index (χ3v) is 7.84. The number of carbonyl (C=O) groups excluding carboxylic acids is 4. The number of amides is 3. The minimum atomic E-state index is -0.940. The van der Waals surface area contributed by atoms with Gasteiger partial charge in [-0.15, -0.1) is 0 Å². The summed E-state index contributed by atoms with van der Waals surface area (Å²) >= 11 is 0. The number of ketones is 1. The molecule has 3 aliphatic rings. The van der Waals surface area contributed by atoms with Crippen molar-refractivity contribution in [2.45, 2.75) is 76.1 Å². The highest BCUT2D eigenvalue weighted by Gasteiger charge is 2.50. The smallest absolute Gasteiger partial charge is 0.243 e. The summed E-state index contributed by atoms with van der Waals surface area (Å²) in [6.07, 6.45) is 8.36. The van der Waals surface area contributed by atoms with Crippen molar-refractivity contribution in [1.29, 1.82) is 0 Å². The summed E-state index contributed by atoms with van der Waals surface area (Å²) in [5.74, 6) is -0.935. The summed E-state index contributed by atoms with van der Waals surface area (Å²) in [5.41, 5.74) is -0.0507. The fraction of sp³-hybridized carbons (Fsp3) is 0.679. The fourth-order valence-electron chi connectivity index (χ4n) is 5.28. The Morgan fingerprint density at radius 2 is 1.67 bits per heavy atom. The monoisotopic (exact) mass is 543 g/mol. The molecule has 2 saturated heterocycles. The zero-order chi connectivity index (χ0) is 27.8. The van der Waals surface area contributed by atoms with Crippen LogP contribution in [-0.4, -0.2) is 96.6 Å². The molecule has 0 bridgehead atoms. The molecule has 214 valence electrons. The van der Waals surface area contributed by atoms with Gasteiger partial charge in [-0.1, -0.05) is 25.7 Å². The van der Waals surface area contributed by atoms with Crippen molar-refractivity contribution >= 4 is 23.5 Å². The van der Waals surface area contributed by atoms with Crippen LogP contribution in [0.15, 0.2) is 24.5 Å². The van der Waals surface area contributed by atoms with Crippen molar-refractivity contribution in [3.05, 3.63) is 30.1 Å². The summed E-state index contributed by atoms with van der Waals surface area (Å²) in [4.78, 5) is 58.4. The number of epoxide rings is 1. The summed E-state index contributed by atoms with van der Waals surface area (Å²) in [6, 6.07) is 1.09. The predicted octanol–water partition coefficient (Wildman–Crippen LogP) is 0.369. The van der Waals surface area contributed by atoms with Gasteiger partial charge in [0.25, 0.3) is 0 Å². The summed E-state index contributed by atoms with van der Waals surface area (Å²) < 4.78 is 10.7. The Hall–Kier alpha value is -2.89. The molecule has 4 atom stereocenters. The minimum Gasteiger partial charge on any atom is -0.379 e. The van der Waals surface area contributed by atoms with Crippen molar-refractivity contribution in [3.8, 4) is 0 Å². The second-order valence-corrected chi connectivity index (χ2v) is 11.1. The predicted molar refractivity (Wildman–Crippen MR) is 143 cm³/mol. The molecule has 0 spiro atoms. The molecule has 4 rings (SSSR count). The molecule has 0 aromatic carbocycles. The third kappa shape index (κ3) is 8.55.